The van der Waals surface area contributed by atoms with Gasteiger partial charge in [-0.25, -0.2) is 0 Å². The smallest absolute Gasteiger partial charge is 0.299 e. The standard InChI is InChI=1S/C13H8ClNO2S/c14-9-1-2-11-10(5-9)12(16)13(17)15(11)6-8-3-4-18-7-8/h1-5,7H,6H2. The second-order valence-corrected chi connectivity index (χ2v) is 5.23. The summed E-state index contributed by atoms with van der Waals surface area (Å²) < 4.78 is 0. The summed E-state index contributed by atoms with van der Waals surface area (Å²) in [6.07, 6.45) is 0. The molecule has 0 atom stereocenters. The van der Waals surface area contributed by atoms with Gasteiger partial charge in [0, 0.05) is 5.02 Å². The molecule has 1 amide bonds. The zero-order chi connectivity index (χ0) is 12.7. The van der Waals surface area contributed by atoms with Crippen molar-refractivity contribution in [2.45, 2.75) is 6.54 Å². The summed E-state index contributed by atoms with van der Waals surface area (Å²) >= 11 is 7.41. The number of rotatable bonds is 2. The summed E-state index contributed by atoms with van der Waals surface area (Å²) in [5.41, 5.74) is 2.05. The topological polar surface area (TPSA) is 37.4 Å². The molecule has 3 nitrogen and oxygen atoms in total. The Kier molecular flexibility index (Phi) is 2.69. The van der Waals surface area contributed by atoms with Crippen LogP contribution in [0, 0.1) is 0 Å². The molecule has 1 aromatic carbocycles. The molecule has 1 aliphatic rings. The molecule has 0 N–H and O–H groups in total. The molecule has 0 radical (unpaired) electrons. The molecule has 5 heteroatoms. The molecule has 2 aromatic rings. The van der Waals surface area contributed by atoms with Crippen LogP contribution in [0.5, 0.6) is 0 Å². The summed E-state index contributed by atoms with van der Waals surface area (Å²) in [4.78, 5) is 25.3. The van der Waals surface area contributed by atoms with Crippen molar-refractivity contribution in [1.82, 2.24) is 0 Å². The number of carbonyl (C=O) groups excluding carboxylic acids is 2. The second-order valence-electron chi connectivity index (χ2n) is 4.01. The normalized spacial score (nSPS) is 14.2. The van der Waals surface area contributed by atoms with Gasteiger partial charge in [-0.15, -0.1) is 0 Å². The zero-order valence-electron chi connectivity index (χ0n) is 9.22. The Morgan fingerprint density at radius 3 is 2.78 bits per heavy atom. The van der Waals surface area contributed by atoms with Crippen molar-refractivity contribution in [1.29, 1.82) is 0 Å². The number of hydrogen-bond acceptors (Lipinski definition) is 3. The summed E-state index contributed by atoms with van der Waals surface area (Å²) in [5.74, 6) is -0.971. The first-order chi connectivity index (χ1) is 8.66. The Morgan fingerprint density at radius 2 is 2.06 bits per heavy atom. The van der Waals surface area contributed by atoms with Crippen LogP contribution in [0.1, 0.15) is 15.9 Å². The number of amides is 1. The van der Waals surface area contributed by atoms with E-state index in [1.54, 1.807) is 29.5 Å². The maximum atomic E-state index is 11.9. The third kappa shape index (κ3) is 1.74. The van der Waals surface area contributed by atoms with E-state index in [0.29, 0.717) is 22.8 Å². The highest BCUT2D eigenvalue weighted by atomic mass is 35.5. The lowest BCUT2D eigenvalue weighted by molar-refractivity contribution is -0.114. The van der Waals surface area contributed by atoms with Gasteiger partial charge in [0.05, 0.1) is 17.8 Å². The molecule has 1 aliphatic heterocycles. The fourth-order valence-electron chi connectivity index (χ4n) is 1.99. The molecule has 90 valence electrons. The Morgan fingerprint density at radius 1 is 1.22 bits per heavy atom. The van der Waals surface area contributed by atoms with Crippen LogP contribution in [0.15, 0.2) is 35.0 Å². The largest absolute Gasteiger partial charge is 0.300 e. The number of ketones is 1. The maximum absolute atomic E-state index is 11.9. The Hall–Kier alpha value is -1.65. The van der Waals surface area contributed by atoms with E-state index in [2.05, 4.69) is 0 Å². The first kappa shape index (κ1) is 11.4. The number of carbonyl (C=O) groups is 2. The van der Waals surface area contributed by atoms with E-state index in [1.807, 2.05) is 16.8 Å². The van der Waals surface area contributed by atoms with Crippen molar-refractivity contribution in [3.8, 4) is 0 Å². The summed E-state index contributed by atoms with van der Waals surface area (Å²) in [5, 5.41) is 4.37. The number of Topliss-reactive ketones (excluding diaryl/α,β-unsaturated/α-hetero) is 1. The van der Waals surface area contributed by atoms with Crippen molar-refractivity contribution >= 4 is 40.3 Å². The number of fused-ring (bicyclic) bond motifs is 1. The Bertz CT molecular complexity index is 636. The number of thiophene rings is 1. The van der Waals surface area contributed by atoms with Gasteiger partial charge in [0.2, 0.25) is 0 Å². The lowest BCUT2D eigenvalue weighted by atomic mass is 10.1. The zero-order valence-corrected chi connectivity index (χ0v) is 10.8. The van der Waals surface area contributed by atoms with E-state index in [9.17, 15) is 9.59 Å². The summed E-state index contributed by atoms with van der Waals surface area (Å²) in [6, 6.07) is 6.89. The lowest BCUT2D eigenvalue weighted by Gasteiger charge is -2.15. The van der Waals surface area contributed by atoms with E-state index >= 15 is 0 Å². The quantitative estimate of drug-likeness (QED) is 0.791. The van der Waals surface area contributed by atoms with Crippen LogP contribution in [0.3, 0.4) is 0 Å². The first-order valence-electron chi connectivity index (χ1n) is 5.33. The maximum Gasteiger partial charge on any atom is 0.299 e. The first-order valence-corrected chi connectivity index (χ1v) is 6.66. The molecular formula is C13H8ClNO2S. The molecule has 0 spiro atoms. The fourth-order valence-corrected chi connectivity index (χ4v) is 2.83. The molecular weight excluding hydrogens is 270 g/mol. The van der Waals surface area contributed by atoms with Gasteiger partial charge in [-0.1, -0.05) is 11.6 Å². The Balaban J connectivity index is 2.02. The predicted octanol–water partition coefficient (Wildman–Crippen LogP) is 3.13. The molecule has 2 heterocycles. The van der Waals surface area contributed by atoms with Crippen LogP contribution < -0.4 is 4.90 Å². The SMILES string of the molecule is O=C1C(=O)N(Cc2ccsc2)c2ccc(Cl)cc21. The van der Waals surface area contributed by atoms with Crippen LogP contribution in [0.2, 0.25) is 5.02 Å². The van der Waals surface area contributed by atoms with Gasteiger partial charge in [0.1, 0.15) is 0 Å². The molecule has 0 fully saturated rings. The lowest BCUT2D eigenvalue weighted by Crippen LogP contribution is -2.28. The van der Waals surface area contributed by atoms with E-state index < -0.39 is 11.7 Å². The van der Waals surface area contributed by atoms with Gasteiger partial charge in [-0.3, -0.25) is 9.59 Å². The highest BCUT2D eigenvalue weighted by Crippen LogP contribution is 2.32. The Labute approximate surface area is 113 Å². The van der Waals surface area contributed by atoms with Crippen molar-refractivity contribution in [2.24, 2.45) is 0 Å². The average molecular weight is 278 g/mol. The second kappa shape index (κ2) is 4.23. The number of hydrogen-bond donors (Lipinski definition) is 0. The third-order valence-corrected chi connectivity index (χ3v) is 3.82. The minimum atomic E-state index is -0.488. The molecule has 18 heavy (non-hydrogen) atoms. The van der Waals surface area contributed by atoms with E-state index in [1.165, 1.54) is 4.90 Å². The number of halogens is 1. The van der Waals surface area contributed by atoms with E-state index in [4.69, 9.17) is 11.6 Å². The van der Waals surface area contributed by atoms with Gasteiger partial charge >= 0.3 is 0 Å². The van der Waals surface area contributed by atoms with Gasteiger partial charge in [0.25, 0.3) is 11.7 Å². The summed E-state index contributed by atoms with van der Waals surface area (Å²) in [6.45, 7) is 0.419. The number of nitrogens with zero attached hydrogens (tertiary/aromatic N) is 1. The van der Waals surface area contributed by atoms with Crippen molar-refractivity contribution in [2.75, 3.05) is 4.90 Å². The summed E-state index contributed by atoms with van der Waals surface area (Å²) in [7, 11) is 0. The average Bonchev–Trinajstić information content (AvgIpc) is 2.94. The fraction of sp³-hybridized carbons (Fsp3) is 0.0769. The van der Waals surface area contributed by atoms with Crippen molar-refractivity contribution in [3.05, 3.63) is 51.2 Å². The molecule has 3 rings (SSSR count). The van der Waals surface area contributed by atoms with E-state index in [-0.39, 0.29) is 0 Å². The van der Waals surface area contributed by atoms with Crippen LogP contribution in [-0.2, 0) is 11.3 Å². The van der Waals surface area contributed by atoms with Crippen LogP contribution in [0.25, 0.3) is 0 Å². The predicted molar refractivity (Wildman–Crippen MR) is 71.3 cm³/mol. The van der Waals surface area contributed by atoms with Gasteiger partial charge in [-0.2, -0.15) is 11.3 Å². The molecule has 0 saturated carbocycles. The van der Waals surface area contributed by atoms with Gasteiger partial charge in [-0.05, 0) is 40.6 Å². The van der Waals surface area contributed by atoms with Crippen LogP contribution in [-0.4, -0.2) is 11.7 Å². The highest BCUT2D eigenvalue weighted by Gasteiger charge is 2.35. The molecule has 0 unspecified atom stereocenters. The van der Waals surface area contributed by atoms with Gasteiger partial charge < -0.3 is 4.90 Å². The molecule has 0 bridgehead atoms. The van der Waals surface area contributed by atoms with Crippen molar-refractivity contribution < 1.29 is 9.59 Å². The van der Waals surface area contributed by atoms with Crippen LogP contribution in [0.4, 0.5) is 5.69 Å². The van der Waals surface area contributed by atoms with Gasteiger partial charge in [0.15, 0.2) is 0 Å². The number of anilines is 1. The molecule has 0 aliphatic carbocycles. The minimum Gasteiger partial charge on any atom is -0.300 e. The highest BCUT2D eigenvalue weighted by molar-refractivity contribution is 7.07. The molecule has 0 saturated heterocycles. The van der Waals surface area contributed by atoms with Crippen molar-refractivity contribution in [3.63, 3.8) is 0 Å². The monoisotopic (exact) mass is 277 g/mol. The minimum absolute atomic E-state index is 0.391. The van der Waals surface area contributed by atoms with Crippen LogP contribution >= 0.6 is 22.9 Å². The third-order valence-electron chi connectivity index (χ3n) is 2.85. The number of benzene rings is 1. The molecule has 1 aromatic heterocycles. The van der Waals surface area contributed by atoms with E-state index in [0.717, 1.165) is 5.56 Å².